The van der Waals surface area contributed by atoms with Crippen LogP contribution in [0.1, 0.15) is 31.4 Å². The van der Waals surface area contributed by atoms with Crippen molar-refractivity contribution >= 4 is 27.5 Å². The zero-order valence-corrected chi connectivity index (χ0v) is 13.0. The van der Waals surface area contributed by atoms with Gasteiger partial charge in [0.2, 0.25) is 0 Å². The number of rotatable bonds is 3. The van der Waals surface area contributed by atoms with Gasteiger partial charge in [-0.05, 0) is 56.5 Å². The second kappa shape index (κ2) is 6.38. The molecule has 0 spiro atoms. The van der Waals surface area contributed by atoms with Crippen molar-refractivity contribution in [3.05, 3.63) is 33.3 Å². The van der Waals surface area contributed by atoms with Crippen LogP contribution >= 0.6 is 27.5 Å². The molecule has 1 aliphatic heterocycles. The molecule has 0 aliphatic carbocycles. The summed E-state index contributed by atoms with van der Waals surface area (Å²) in [5.74, 6) is 0.635. The van der Waals surface area contributed by atoms with Crippen LogP contribution < -0.4 is 5.73 Å². The molecule has 2 N–H and O–H groups in total. The maximum absolute atomic E-state index is 6.33. The van der Waals surface area contributed by atoms with Crippen LogP contribution in [0.25, 0.3) is 0 Å². The minimum Gasteiger partial charge on any atom is -0.330 e. The highest BCUT2D eigenvalue weighted by molar-refractivity contribution is 9.10. The standard InChI is InChI=1S/C14H20BrClN2/c1-10(13-5-4-12(15)7-14(13)16)18-6-2-3-11(8-17)9-18/h4-5,7,10-11H,2-3,6,8-9,17H2,1H3. The van der Waals surface area contributed by atoms with Crippen molar-refractivity contribution in [3.63, 3.8) is 0 Å². The molecule has 1 aromatic rings. The van der Waals surface area contributed by atoms with Crippen molar-refractivity contribution in [2.24, 2.45) is 11.7 Å². The fraction of sp³-hybridized carbons (Fsp3) is 0.571. The van der Waals surface area contributed by atoms with Gasteiger partial charge in [-0.15, -0.1) is 0 Å². The van der Waals surface area contributed by atoms with Crippen LogP contribution in [0, 0.1) is 5.92 Å². The smallest absolute Gasteiger partial charge is 0.0464 e. The van der Waals surface area contributed by atoms with Gasteiger partial charge >= 0.3 is 0 Å². The minimum absolute atomic E-state index is 0.361. The van der Waals surface area contributed by atoms with Gasteiger partial charge in [0, 0.05) is 22.1 Å². The lowest BCUT2D eigenvalue weighted by molar-refractivity contribution is 0.134. The highest BCUT2D eigenvalue weighted by atomic mass is 79.9. The van der Waals surface area contributed by atoms with Gasteiger partial charge in [-0.1, -0.05) is 33.6 Å². The molecule has 1 aliphatic rings. The van der Waals surface area contributed by atoms with Crippen LogP contribution in [0.15, 0.2) is 22.7 Å². The second-order valence-electron chi connectivity index (χ2n) is 5.08. The van der Waals surface area contributed by atoms with Gasteiger partial charge in [-0.2, -0.15) is 0 Å². The van der Waals surface area contributed by atoms with E-state index in [1.54, 1.807) is 0 Å². The monoisotopic (exact) mass is 330 g/mol. The van der Waals surface area contributed by atoms with Crippen LogP contribution in [-0.2, 0) is 0 Å². The SMILES string of the molecule is CC(c1ccc(Br)cc1Cl)N1CCCC(CN)C1. The number of halogens is 2. The van der Waals surface area contributed by atoms with E-state index in [1.807, 2.05) is 6.07 Å². The third-order valence-corrected chi connectivity index (χ3v) is 4.66. The van der Waals surface area contributed by atoms with Gasteiger partial charge in [0.1, 0.15) is 0 Å². The molecule has 100 valence electrons. The Morgan fingerprint density at radius 3 is 3.00 bits per heavy atom. The molecule has 2 atom stereocenters. The summed E-state index contributed by atoms with van der Waals surface area (Å²) in [6.07, 6.45) is 2.49. The van der Waals surface area contributed by atoms with Crippen molar-refractivity contribution in [1.82, 2.24) is 4.90 Å². The molecular formula is C14H20BrClN2. The maximum Gasteiger partial charge on any atom is 0.0464 e. The molecule has 2 nitrogen and oxygen atoms in total. The van der Waals surface area contributed by atoms with Crippen molar-refractivity contribution in [2.75, 3.05) is 19.6 Å². The Morgan fingerprint density at radius 2 is 2.33 bits per heavy atom. The highest BCUT2D eigenvalue weighted by Gasteiger charge is 2.24. The van der Waals surface area contributed by atoms with Gasteiger partial charge < -0.3 is 5.73 Å². The Labute approximate surface area is 123 Å². The molecule has 0 saturated carbocycles. The first-order valence-electron chi connectivity index (χ1n) is 6.51. The molecule has 0 bridgehead atoms. The second-order valence-corrected chi connectivity index (χ2v) is 6.40. The van der Waals surface area contributed by atoms with Crippen LogP contribution in [0.3, 0.4) is 0 Å². The summed E-state index contributed by atoms with van der Waals surface area (Å²) in [6, 6.07) is 6.50. The summed E-state index contributed by atoms with van der Waals surface area (Å²) in [4.78, 5) is 2.50. The number of hydrogen-bond acceptors (Lipinski definition) is 2. The van der Waals surface area contributed by atoms with Gasteiger partial charge in [0.15, 0.2) is 0 Å². The predicted octanol–water partition coefficient (Wildman–Crippen LogP) is 3.83. The number of piperidine rings is 1. The van der Waals surface area contributed by atoms with Crippen molar-refractivity contribution in [3.8, 4) is 0 Å². The normalized spacial score (nSPS) is 23.0. The number of benzene rings is 1. The Bertz CT molecular complexity index is 411. The number of hydrogen-bond donors (Lipinski definition) is 1. The van der Waals surface area contributed by atoms with Crippen LogP contribution in [0.4, 0.5) is 0 Å². The third-order valence-electron chi connectivity index (χ3n) is 3.84. The van der Waals surface area contributed by atoms with E-state index in [0.717, 1.165) is 29.1 Å². The van der Waals surface area contributed by atoms with Crippen molar-refractivity contribution < 1.29 is 0 Å². The largest absolute Gasteiger partial charge is 0.330 e. The lowest BCUT2D eigenvalue weighted by atomic mass is 9.95. The van der Waals surface area contributed by atoms with Gasteiger partial charge in [-0.25, -0.2) is 0 Å². The van der Waals surface area contributed by atoms with E-state index < -0.39 is 0 Å². The first-order valence-corrected chi connectivity index (χ1v) is 7.68. The molecule has 1 heterocycles. The molecule has 0 aromatic heterocycles. The summed E-state index contributed by atoms with van der Waals surface area (Å²) in [6.45, 7) is 5.25. The van der Waals surface area contributed by atoms with Gasteiger partial charge in [-0.3, -0.25) is 4.90 Å². The average molecular weight is 332 g/mol. The summed E-state index contributed by atoms with van der Waals surface area (Å²) in [5, 5.41) is 0.840. The van der Waals surface area contributed by atoms with Crippen LogP contribution in [0.5, 0.6) is 0 Å². The highest BCUT2D eigenvalue weighted by Crippen LogP contribution is 2.32. The van der Waals surface area contributed by atoms with E-state index in [4.69, 9.17) is 17.3 Å². The number of nitrogens with two attached hydrogens (primary N) is 1. The topological polar surface area (TPSA) is 29.3 Å². The Kier molecular flexibility index (Phi) is 5.07. The lowest BCUT2D eigenvalue weighted by Crippen LogP contribution is -2.39. The minimum atomic E-state index is 0.361. The number of likely N-dealkylation sites (tertiary alicyclic amines) is 1. The summed E-state index contributed by atoms with van der Waals surface area (Å²) in [5.41, 5.74) is 7.00. The zero-order valence-electron chi connectivity index (χ0n) is 10.7. The van der Waals surface area contributed by atoms with E-state index in [0.29, 0.717) is 12.0 Å². The molecule has 2 rings (SSSR count). The molecule has 1 fully saturated rings. The molecule has 4 heteroatoms. The molecule has 1 aromatic carbocycles. The zero-order chi connectivity index (χ0) is 13.1. The van der Waals surface area contributed by atoms with E-state index >= 15 is 0 Å². The molecule has 0 radical (unpaired) electrons. The summed E-state index contributed by atoms with van der Waals surface area (Å²) < 4.78 is 1.03. The molecule has 18 heavy (non-hydrogen) atoms. The Hall–Kier alpha value is -0.0900. The van der Waals surface area contributed by atoms with Crippen molar-refractivity contribution in [1.29, 1.82) is 0 Å². The maximum atomic E-state index is 6.33. The van der Waals surface area contributed by atoms with E-state index in [2.05, 4.69) is 39.9 Å². The molecular weight excluding hydrogens is 312 g/mol. The molecule has 0 amide bonds. The van der Waals surface area contributed by atoms with E-state index in [9.17, 15) is 0 Å². The summed E-state index contributed by atoms with van der Waals surface area (Å²) >= 11 is 9.78. The Balaban J connectivity index is 2.12. The fourth-order valence-corrected chi connectivity index (χ4v) is 3.51. The van der Waals surface area contributed by atoms with Gasteiger partial charge in [0.05, 0.1) is 0 Å². The quantitative estimate of drug-likeness (QED) is 0.912. The van der Waals surface area contributed by atoms with E-state index in [-0.39, 0.29) is 0 Å². The molecule has 2 unspecified atom stereocenters. The van der Waals surface area contributed by atoms with E-state index in [1.165, 1.54) is 18.4 Å². The fourth-order valence-electron chi connectivity index (χ4n) is 2.68. The Morgan fingerprint density at radius 1 is 1.56 bits per heavy atom. The first kappa shape index (κ1) is 14.3. The average Bonchev–Trinajstić information content (AvgIpc) is 2.38. The van der Waals surface area contributed by atoms with Crippen molar-refractivity contribution in [2.45, 2.75) is 25.8 Å². The molecule has 1 saturated heterocycles. The van der Waals surface area contributed by atoms with Gasteiger partial charge in [0.25, 0.3) is 0 Å². The van der Waals surface area contributed by atoms with Crippen LogP contribution in [0.2, 0.25) is 5.02 Å². The number of nitrogens with zero attached hydrogens (tertiary/aromatic N) is 1. The lowest BCUT2D eigenvalue weighted by Gasteiger charge is -2.37. The summed E-state index contributed by atoms with van der Waals surface area (Å²) in [7, 11) is 0. The first-order chi connectivity index (χ1) is 8.61. The third kappa shape index (κ3) is 3.27. The predicted molar refractivity (Wildman–Crippen MR) is 80.9 cm³/mol. The van der Waals surface area contributed by atoms with Crippen LogP contribution in [-0.4, -0.2) is 24.5 Å².